The molecule has 0 radical (unpaired) electrons. The van der Waals surface area contributed by atoms with Gasteiger partial charge < -0.3 is 10.6 Å². The molecule has 0 atom stereocenters. The molecule has 2 aromatic rings. The lowest BCUT2D eigenvalue weighted by Crippen LogP contribution is -2.14. The smallest absolute Gasteiger partial charge is 0.255 e. The molecule has 2 aromatic carbocycles. The highest BCUT2D eigenvalue weighted by molar-refractivity contribution is 6.05. The zero-order valence-electron chi connectivity index (χ0n) is 13.0. The van der Waals surface area contributed by atoms with Gasteiger partial charge in [-0.25, -0.2) is 0 Å². The van der Waals surface area contributed by atoms with Crippen LogP contribution in [0.1, 0.15) is 35.3 Å². The van der Waals surface area contributed by atoms with Crippen molar-refractivity contribution < 1.29 is 4.79 Å². The van der Waals surface area contributed by atoms with Gasteiger partial charge in [0.2, 0.25) is 0 Å². The Morgan fingerprint density at radius 3 is 2.48 bits per heavy atom. The lowest BCUT2D eigenvalue weighted by atomic mass is 10.1. The first-order chi connectivity index (χ1) is 9.95. The van der Waals surface area contributed by atoms with E-state index in [4.69, 9.17) is 0 Å². The van der Waals surface area contributed by atoms with E-state index in [0.717, 1.165) is 22.5 Å². The maximum absolute atomic E-state index is 12.3. The largest absolute Gasteiger partial charge is 0.383 e. The Bertz CT molecular complexity index is 647. The van der Waals surface area contributed by atoms with Crippen LogP contribution < -0.4 is 10.6 Å². The molecule has 0 saturated heterocycles. The van der Waals surface area contributed by atoms with Gasteiger partial charge >= 0.3 is 0 Å². The average Bonchev–Trinajstić information content (AvgIpc) is 2.40. The minimum Gasteiger partial charge on any atom is -0.383 e. The molecular formula is C18H22N2O. The highest BCUT2D eigenvalue weighted by Crippen LogP contribution is 2.19. The van der Waals surface area contributed by atoms with Crippen LogP contribution in [-0.4, -0.2) is 11.9 Å². The monoisotopic (exact) mass is 282 g/mol. The van der Waals surface area contributed by atoms with Crippen LogP contribution in [0.4, 0.5) is 11.4 Å². The van der Waals surface area contributed by atoms with Crippen molar-refractivity contribution in [2.75, 3.05) is 10.6 Å². The molecule has 0 aliphatic carbocycles. The minimum atomic E-state index is -0.0904. The highest BCUT2D eigenvalue weighted by Gasteiger charge is 2.09. The van der Waals surface area contributed by atoms with Crippen LogP contribution >= 0.6 is 0 Å². The number of rotatable bonds is 4. The summed E-state index contributed by atoms with van der Waals surface area (Å²) in [6, 6.07) is 13.9. The van der Waals surface area contributed by atoms with E-state index in [1.54, 1.807) is 0 Å². The molecule has 0 aliphatic heterocycles. The molecule has 0 aromatic heterocycles. The summed E-state index contributed by atoms with van der Waals surface area (Å²) in [6.45, 7) is 8.21. The fourth-order valence-corrected chi connectivity index (χ4v) is 2.16. The summed E-state index contributed by atoms with van der Waals surface area (Å²) < 4.78 is 0. The number of aryl methyl sites for hydroxylation is 2. The van der Waals surface area contributed by atoms with Crippen molar-refractivity contribution in [1.82, 2.24) is 0 Å². The number of amides is 1. The van der Waals surface area contributed by atoms with Crippen LogP contribution in [0.5, 0.6) is 0 Å². The second kappa shape index (κ2) is 6.44. The Labute approximate surface area is 126 Å². The van der Waals surface area contributed by atoms with Crippen molar-refractivity contribution in [2.24, 2.45) is 0 Å². The summed E-state index contributed by atoms with van der Waals surface area (Å²) >= 11 is 0. The maximum atomic E-state index is 12.3. The number of hydrogen-bond acceptors (Lipinski definition) is 2. The van der Waals surface area contributed by atoms with E-state index in [-0.39, 0.29) is 5.91 Å². The summed E-state index contributed by atoms with van der Waals surface area (Å²) in [5.74, 6) is -0.0904. The van der Waals surface area contributed by atoms with Crippen molar-refractivity contribution in [1.29, 1.82) is 0 Å². The predicted octanol–water partition coefficient (Wildman–Crippen LogP) is 4.38. The fourth-order valence-electron chi connectivity index (χ4n) is 2.16. The Kier molecular flexibility index (Phi) is 4.63. The van der Waals surface area contributed by atoms with Crippen LogP contribution in [0.3, 0.4) is 0 Å². The number of nitrogens with one attached hydrogen (secondary N) is 2. The second-order valence-corrected chi connectivity index (χ2v) is 5.65. The third kappa shape index (κ3) is 4.09. The third-order valence-corrected chi connectivity index (χ3v) is 3.22. The summed E-state index contributed by atoms with van der Waals surface area (Å²) in [6.07, 6.45) is 0. The Balaban J connectivity index is 2.19. The predicted molar refractivity (Wildman–Crippen MR) is 89.1 cm³/mol. The summed E-state index contributed by atoms with van der Waals surface area (Å²) in [5, 5.41) is 6.29. The number of carbonyl (C=O) groups excluding carboxylic acids is 1. The lowest BCUT2D eigenvalue weighted by Gasteiger charge is -2.14. The topological polar surface area (TPSA) is 41.1 Å². The molecule has 0 aliphatic rings. The van der Waals surface area contributed by atoms with Crippen molar-refractivity contribution in [3.05, 3.63) is 59.2 Å². The van der Waals surface area contributed by atoms with Gasteiger partial charge in [-0.1, -0.05) is 18.2 Å². The van der Waals surface area contributed by atoms with Crippen LogP contribution in [0, 0.1) is 13.8 Å². The van der Waals surface area contributed by atoms with Gasteiger partial charge in [0, 0.05) is 23.0 Å². The van der Waals surface area contributed by atoms with Crippen molar-refractivity contribution >= 4 is 17.3 Å². The molecule has 3 heteroatoms. The minimum absolute atomic E-state index is 0.0904. The standard InChI is InChI=1S/C18H22N2O/c1-12(2)19-17-11-15(9-8-14(17)4)18(21)20-16-7-5-6-13(3)10-16/h5-12,19H,1-4H3,(H,20,21). The van der Waals surface area contributed by atoms with Gasteiger partial charge in [-0.2, -0.15) is 0 Å². The summed E-state index contributed by atoms with van der Waals surface area (Å²) in [5.41, 5.74) is 4.74. The van der Waals surface area contributed by atoms with Gasteiger partial charge in [-0.3, -0.25) is 4.79 Å². The van der Waals surface area contributed by atoms with Crippen LogP contribution in [0.2, 0.25) is 0 Å². The zero-order chi connectivity index (χ0) is 15.4. The quantitative estimate of drug-likeness (QED) is 0.874. The van der Waals surface area contributed by atoms with Gasteiger partial charge in [-0.15, -0.1) is 0 Å². The summed E-state index contributed by atoms with van der Waals surface area (Å²) in [4.78, 5) is 12.3. The number of hydrogen-bond donors (Lipinski definition) is 2. The average molecular weight is 282 g/mol. The van der Waals surface area contributed by atoms with Crippen molar-refractivity contribution in [3.63, 3.8) is 0 Å². The van der Waals surface area contributed by atoms with Crippen LogP contribution in [0.15, 0.2) is 42.5 Å². The Hall–Kier alpha value is -2.29. The molecule has 0 saturated carbocycles. The van der Waals surface area contributed by atoms with Crippen LogP contribution in [0.25, 0.3) is 0 Å². The van der Waals surface area contributed by atoms with Gasteiger partial charge in [0.1, 0.15) is 0 Å². The fraction of sp³-hybridized carbons (Fsp3) is 0.278. The molecule has 0 unspecified atom stereocenters. The zero-order valence-corrected chi connectivity index (χ0v) is 13.0. The van der Waals surface area contributed by atoms with Crippen LogP contribution in [-0.2, 0) is 0 Å². The molecule has 2 N–H and O–H groups in total. The van der Waals surface area contributed by atoms with E-state index in [1.165, 1.54) is 0 Å². The van der Waals surface area contributed by atoms with E-state index in [2.05, 4.69) is 24.5 Å². The second-order valence-electron chi connectivity index (χ2n) is 5.65. The van der Waals surface area contributed by atoms with E-state index in [9.17, 15) is 4.79 Å². The number of carbonyl (C=O) groups is 1. The molecule has 1 amide bonds. The Morgan fingerprint density at radius 2 is 1.81 bits per heavy atom. The maximum Gasteiger partial charge on any atom is 0.255 e. The first-order valence-corrected chi connectivity index (χ1v) is 7.21. The van der Waals surface area contributed by atoms with Gasteiger partial charge in [0.25, 0.3) is 5.91 Å². The first-order valence-electron chi connectivity index (χ1n) is 7.21. The third-order valence-electron chi connectivity index (χ3n) is 3.22. The molecule has 110 valence electrons. The molecule has 0 heterocycles. The lowest BCUT2D eigenvalue weighted by molar-refractivity contribution is 0.102. The van der Waals surface area contributed by atoms with E-state index in [1.807, 2.05) is 56.3 Å². The van der Waals surface area contributed by atoms with E-state index < -0.39 is 0 Å². The number of anilines is 2. The molecule has 0 bridgehead atoms. The van der Waals surface area contributed by atoms with Crippen molar-refractivity contribution in [2.45, 2.75) is 33.7 Å². The van der Waals surface area contributed by atoms with Gasteiger partial charge in [0.15, 0.2) is 0 Å². The summed E-state index contributed by atoms with van der Waals surface area (Å²) in [7, 11) is 0. The molecule has 21 heavy (non-hydrogen) atoms. The number of benzene rings is 2. The van der Waals surface area contributed by atoms with Gasteiger partial charge in [0.05, 0.1) is 0 Å². The highest BCUT2D eigenvalue weighted by atomic mass is 16.1. The van der Waals surface area contributed by atoms with E-state index in [0.29, 0.717) is 11.6 Å². The van der Waals surface area contributed by atoms with Gasteiger partial charge in [-0.05, 0) is 63.1 Å². The molecule has 0 spiro atoms. The normalized spacial score (nSPS) is 10.5. The molecule has 3 nitrogen and oxygen atoms in total. The Morgan fingerprint density at radius 1 is 1.05 bits per heavy atom. The SMILES string of the molecule is Cc1cccc(NC(=O)c2ccc(C)c(NC(C)C)c2)c1. The van der Waals surface area contributed by atoms with E-state index >= 15 is 0 Å². The molecular weight excluding hydrogens is 260 g/mol. The molecule has 2 rings (SSSR count). The first kappa shape index (κ1) is 15.1. The van der Waals surface area contributed by atoms with Crippen molar-refractivity contribution in [3.8, 4) is 0 Å². The molecule has 0 fully saturated rings.